The van der Waals surface area contributed by atoms with Gasteiger partial charge >= 0.3 is 0 Å². The maximum absolute atomic E-state index is 4.20. The van der Waals surface area contributed by atoms with E-state index in [4.69, 9.17) is 0 Å². The molecule has 2 aromatic carbocycles. The van der Waals surface area contributed by atoms with Gasteiger partial charge in [-0.1, -0.05) is 80.2 Å². The molecule has 88 valence electrons. The van der Waals surface area contributed by atoms with Gasteiger partial charge in [-0.2, -0.15) is 3.71 Å². The van der Waals surface area contributed by atoms with Crippen LogP contribution in [0.4, 0.5) is 0 Å². The van der Waals surface area contributed by atoms with E-state index in [2.05, 4.69) is 81.1 Å². The van der Waals surface area contributed by atoms with E-state index < -0.39 is 0 Å². The van der Waals surface area contributed by atoms with E-state index in [1.54, 1.807) is 3.71 Å². The Morgan fingerprint density at radius 3 is 1.88 bits per heavy atom. The Morgan fingerprint density at radius 2 is 1.35 bits per heavy atom. The quantitative estimate of drug-likeness (QED) is 0.774. The molecule has 0 heterocycles. The largest absolute Gasteiger partial charge is 0.193 e. The first-order chi connectivity index (χ1) is 8.18. The molecule has 0 amide bonds. The summed E-state index contributed by atoms with van der Waals surface area (Å²) in [5, 5.41) is 0. The molecule has 1 atom stereocenters. The normalized spacial score (nSPS) is 12.7. The van der Waals surface area contributed by atoms with Crippen LogP contribution in [0.5, 0.6) is 0 Å². The van der Waals surface area contributed by atoms with E-state index >= 15 is 0 Å². The second-order valence-corrected chi connectivity index (χ2v) is 5.16. The standard InChI is InChI=1S/C14H15NS2/c1-11(15(16)17)12-7-9-14(10-8-12)13-5-3-2-4-6-13/h2-11,16-17H,1H3. The predicted octanol–water partition coefficient (Wildman–Crippen LogP) is 4.41. The van der Waals surface area contributed by atoms with Gasteiger partial charge in [0.25, 0.3) is 0 Å². The maximum Gasteiger partial charge on any atom is 0.0531 e. The molecule has 2 rings (SSSR count). The smallest absolute Gasteiger partial charge is 0.0531 e. The number of nitrogens with zero attached hydrogens (tertiary/aromatic N) is 1. The summed E-state index contributed by atoms with van der Waals surface area (Å²) in [6.07, 6.45) is 0. The van der Waals surface area contributed by atoms with Crippen molar-refractivity contribution >= 4 is 25.6 Å². The van der Waals surface area contributed by atoms with Crippen molar-refractivity contribution in [3.05, 3.63) is 60.2 Å². The number of benzene rings is 2. The molecule has 1 nitrogen and oxygen atoms in total. The number of hydrogen-bond acceptors (Lipinski definition) is 3. The zero-order valence-electron chi connectivity index (χ0n) is 9.62. The summed E-state index contributed by atoms with van der Waals surface area (Å²) in [5.74, 6) is 0. The van der Waals surface area contributed by atoms with E-state index in [-0.39, 0.29) is 6.04 Å². The van der Waals surface area contributed by atoms with Gasteiger partial charge in [-0.3, -0.25) is 0 Å². The molecule has 1 unspecified atom stereocenters. The lowest BCUT2D eigenvalue weighted by Gasteiger charge is -2.17. The Balaban J connectivity index is 2.25. The highest BCUT2D eigenvalue weighted by Gasteiger charge is 2.08. The summed E-state index contributed by atoms with van der Waals surface area (Å²) in [4.78, 5) is 0. The Bertz CT molecular complexity index is 465. The van der Waals surface area contributed by atoms with Crippen LogP contribution >= 0.6 is 25.6 Å². The van der Waals surface area contributed by atoms with Crippen molar-refractivity contribution in [2.45, 2.75) is 13.0 Å². The lowest BCUT2D eigenvalue weighted by atomic mass is 10.0. The summed E-state index contributed by atoms with van der Waals surface area (Å²) >= 11 is 8.40. The van der Waals surface area contributed by atoms with Gasteiger partial charge in [0.2, 0.25) is 0 Å². The van der Waals surface area contributed by atoms with Crippen LogP contribution in [0.1, 0.15) is 18.5 Å². The van der Waals surface area contributed by atoms with Crippen LogP contribution < -0.4 is 0 Å². The van der Waals surface area contributed by atoms with E-state index in [0.717, 1.165) is 0 Å². The van der Waals surface area contributed by atoms with Gasteiger partial charge in [0.1, 0.15) is 0 Å². The first-order valence-corrected chi connectivity index (χ1v) is 6.31. The van der Waals surface area contributed by atoms with Crippen LogP contribution in [-0.2, 0) is 0 Å². The second kappa shape index (κ2) is 5.63. The van der Waals surface area contributed by atoms with E-state index in [1.807, 2.05) is 6.07 Å². The first kappa shape index (κ1) is 12.6. The molecule has 0 fully saturated rings. The van der Waals surface area contributed by atoms with Gasteiger partial charge in [-0.25, -0.2) is 0 Å². The van der Waals surface area contributed by atoms with Gasteiger partial charge in [0.05, 0.1) is 6.04 Å². The molecule has 0 aliphatic heterocycles. The van der Waals surface area contributed by atoms with E-state index in [9.17, 15) is 0 Å². The fraction of sp³-hybridized carbons (Fsp3) is 0.143. The molecule has 0 saturated heterocycles. The number of hydrogen-bond donors (Lipinski definition) is 2. The first-order valence-electron chi connectivity index (χ1n) is 5.51. The molecule has 0 spiro atoms. The van der Waals surface area contributed by atoms with Crippen molar-refractivity contribution in [2.24, 2.45) is 0 Å². The molecule has 2 aromatic rings. The summed E-state index contributed by atoms with van der Waals surface area (Å²) in [7, 11) is 0. The maximum atomic E-state index is 4.20. The molecule has 0 aliphatic rings. The second-order valence-electron chi connectivity index (χ2n) is 3.98. The Kier molecular flexibility index (Phi) is 4.15. The Hall–Kier alpha value is -0.900. The third-order valence-corrected chi connectivity index (χ3v) is 3.54. The monoisotopic (exact) mass is 261 g/mol. The van der Waals surface area contributed by atoms with E-state index in [0.29, 0.717) is 0 Å². The SMILES string of the molecule is CC(c1ccc(-c2ccccc2)cc1)N(S)S. The minimum atomic E-state index is 0.187. The van der Waals surface area contributed by atoms with Crippen molar-refractivity contribution < 1.29 is 0 Å². The lowest BCUT2D eigenvalue weighted by Crippen LogP contribution is -2.05. The average molecular weight is 261 g/mol. The fourth-order valence-corrected chi connectivity index (χ4v) is 1.98. The molecule has 0 aromatic heterocycles. The van der Waals surface area contributed by atoms with Crippen LogP contribution in [0.3, 0.4) is 0 Å². The van der Waals surface area contributed by atoms with Gasteiger partial charge < -0.3 is 0 Å². The van der Waals surface area contributed by atoms with Crippen LogP contribution in [0.25, 0.3) is 11.1 Å². The molecule has 0 saturated carbocycles. The summed E-state index contributed by atoms with van der Waals surface area (Å²) in [6.45, 7) is 2.07. The third-order valence-electron chi connectivity index (χ3n) is 2.85. The molecular formula is C14H15NS2. The highest BCUT2D eigenvalue weighted by Crippen LogP contribution is 2.26. The number of rotatable bonds is 3. The summed E-state index contributed by atoms with van der Waals surface area (Å²) in [6, 6.07) is 19.0. The highest BCUT2D eigenvalue weighted by atomic mass is 32.2. The van der Waals surface area contributed by atoms with Gasteiger partial charge in [0.15, 0.2) is 0 Å². The zero-order chi connectivity index (χ0) is 12.3. The highest BCUT2D eigenvalue weighted by molar-refractivity contribution is 7.93. The lowest BCUT2D eigenvalue weighted by molar-refractivity contribution is 0.595. The molecule has 0 N–H and O–H groups in total. The van der Waals surface area contributed by atoms with Gasteiger partial charge in [0, 0.05) is 0 Å². The van der Waals surface area contributed by atoms with Gasteiger partial charge in [-0.15, -0.1) is 0 Å². The Morgan fingerprint density at radius 1 is 0.824 bits per heavy atom. The Labute approximate surface area is 114 Å². The van der Waals surface area contributed by atoms with Crippen LogP contribution in [-0.4, -0.2) is 3.71 Å². The molecule has 17 heavy (non-hydrogen) atoms. The van der Waals surface area contributed by atoms with Crippen molar-refractivity contribution in [1.29, 1.82) is 0 Å². The van der Waals surface area contributed by atoms with Crippen LogP contribution in [0.2, 0.25) is 0 Å². The third kappa shape index (κ3) is 3.06. The topological polar surface area (TPSA) is 3.24 Å². The van der Waals surface area contributed by atoms with Crippen molar-refractivity contribution in [1.82, 2.24) is 3.71 Å². The molecule has 0 bridgehead atoms. The van der Waals surface area contributed by atoms with Crippen LogP contribution in [0, 0.1) is 0 Å². The molecular weight excluding hydrogens is 246 g/mol. The molecule has 0 aliphatic carbocycles. The van der Waals surface area contributed by atoms with E-state index in [1.165, 1.54) is 16.7 Å². The summed E-state index contributed by atoms with van der Waals surface area (Å²) < 4.78 is 1.61. The predicted molar refractivity (Wildman–Crippen MR) is 80.1 cm³/mol. The fourth-order valence-electron chi connectivity index (χ4n) is 1.72. The minimum absolute atomic E-state index is 0.187. The van der Waals surface area contributed by atoms with Crippen LogP contribution in [0.15, 0.2) is 54.6 Å². The minimum Gasteiger partial charge on any atom is -0.193 e. The van der Waals surface area contributed by atoms with Crippen molar-refractivity contribution in [2.75, 3.05) is 0 Å². The van der Waals surface area contributed by atoms with Crippen molar-refractivity contribution in [3.8, 4) is 11.1 Å². The zero-order valence-corrected chi connectivity index (χ0v) is 11.4. The van der Waals surface area contributed by atoms with Crippen molar-refractivity contribution in [3.63, 3.8) is 0 Å². The average Bonchev–Trinajstić information content (AvgIpc) is 2.39. The summed E-state index contributed by atoms with van der Waals surface area (Å²) in [5.41, 5.74) is 3.67. The number of thiol groups is 2. The van der Waals surface area contributed by atoms with Gasteiger partial charge in [-0.05, 0) is 23.6 Å². The molecule has 3 heteroatoms. The molecule has 0 radical (unpaired) electrons.